The molecule has 0 radical (unpaired) electrons. The van der Waals surface area contributed by atoms with Gasteiger partial charge < -0.3 is 25.7 Å². The summed E-state index contributed by atoms with van der Waals surface area (Å²) in [7, 11) is 0. The van der Waals surface area contributed by atoms with Crippen molar-refractivity contribution in [1.29, 1.82) is 0 Å². The predicted octanol–water partition coefficient (Wildman–Crippen LogP) is 11.8. The number of nitrogens with one attached hydrogen (secondary N) is 1. The summed E-state index contributed by atoms with van der Waals surface area (Å²) in [4.78, 5) is 12.4. The number of aliphatic hydroxyl groups is 4. The monoisotopic (exact) mass is 724 g/mol. The van der Waals surface area contributed by atoms with Crippen molar-refractivity contribution in [2.75, 3.05) is 6.61 Å². The quantitative estimate of drug-likeness (QED) is 0.0319. The lowest BCUT2D eigenvalue weighted by molar-refractivity contribution is -0.132. The van der Waals surface area contributed by atoms with Crippen LogP contribution in [0.1, 0.15) is 239 Å². The molecule has 0 spiro atoms. The van der Waals surface area contributed by atoms with E-state index in [-0.39, 0.29) is 0 Å². The van der Waals surface area contributed by atoms with Gasteiger partial charge in [0.2, 0.25) is 5.91 Å². The summed E-state index contributed by atoms with van der Waals surface area (Å²) in [5.74, 6) is -0.593. The van der Waals surface area contributed by atoms with Crippen LogP contribution in [0.5, 0.6) is 0 Å². The standard InChI is InChI=1S/C45H89NO5/c1-3-5-7-9-11-12-13-14-15-16-17-18-19-20-21-22-23-24-25-26-27-28-29-30-31-33-35-37-39-43(49)45(51)46-41(40-47)44(50)42(48)38-36-34-32-10-8-6-4-2/h10,32,41-44,47-50H,3-9,11-31,33-40H2,1-2H3,(H,46,51)/b32-10+. The van der Waals surface area contributed by atoms with E-state index in [1.54, 1.807) is 0 Å². The van der Waals surface area contributed by atoms with Crippen LogP contribution < -0.4 is 5.32 Å². The first-order valence-electron chi connectivity index (χ1n) is 22.6. The van der Waals surface area contributed by atoms with Crippen molar-refractivity contribution in [2.45, 2.75) is 263 Å². The summed E-state index contributed by atoms with van der Waals surface area (Å²) in [5, 5.41) is 43.3. The minimum atomic E-state index is -1.27. The van der Waals surface area contributed by atoms with E-state index in [4.69, 9.17) is 0 Å². The SMILES string of the molecule is CCCC/C=C/CCCC(O)C(O)C(CO)NC(=O)C(O)CCCCCCCCCCCCCCCCCCCCCCCCCCCCCC. The highest BCUT2D eigenvalue weighted by Gasteiger charge is 2.28. The van der Waals surface area contributed by atoms with Crippen molar-refractivity contribution >= 4 is 5.91 Å². The summed E-state index contributed by atoms with van der Waals surface area (Å²) >= 11 is 0. The Balaban J connectivity index is 3.52. The van der Waals surface area contributed by atoms with E-state index in [9.17, 15) is 25.2 Å². The molecule has 0 aromatic rings. The van der Waals surface area contributed by atoms with Crippen molar-refractivity contribution in [3.63, 3.8) is 0 Å². The maximum absolute atomic E-state index is 12.4. The highest BCUT2D eigenvalue weighted by molar-refractivity contribution is 5.80. The molecule has 6 nitrogen and oxygen atoms in total. The summed E-state index contributed by atoms with van der Waals surface area (Å²) in [5.41, 5.74) is 0. The van der Waals surface area contributed by atoms with Gasteiger partial charge in [-0.2, -0.15) is 0 Å². The van der Waals surface area contributed by atoms with E-state index in [1.165, 1.54) is 167 Å². The Hall–Kier alpha value is -0.950. The Morgan fingerprint density at radius 2 is 0.804 bits per heavy atom. The molecule has 0 heterocycles. The minimum absolute atomic E-state index is 0.367. The third-order valence-corrected chi connectivity index (χ3v) is 10.7. The van der Waals surface area contributed by atoms with Crippen LogP contribution in [0.15, 0.2) is 12.2 Å². The molecule has 0 aromatic heterocycles. The Morgan fingerprint density at radius 3 is 1.16 bits per heavy atom. The van der Waals surface area contributed by atoms with Gasteiger partial charge >= 0.3 is 0 Å². The number of hydrogen-bond acceptors (Lipinski definition) is 5. The molecule has 0 aliphatic heterocycles. The molecule has 0 rings (SSSR count). The number of aliphatic hydroxyl groups excluding tert-OH is 4. The van der Waals surface area contributed by atoms with Gasteiger partial charge in [-0.1, -0.05) is 219 Å². The number of unbranched alkanes of at least 4 members (excludes halogenated alkanes) is 30. The molecule has 0 aromatic carbocycles. The molecular weight excluding hydrogens is 634 g/mol. The van der Waals surface area contributed by atoms with Gasteiger partial charge in [-0.3, -0.25) is 4.79 Å². The van der Waals surface area contributed by atoms with Crippen LogP contribution in [-0.2, 0) is 4.79 Å². The summed E-state index contributed by atoms with van der Waals surface area (Å²) in [6.07, 6.45) is 44.4. The second kappa shape index (κ2) is 40.2. The molecule has 0 aliphatic carbocycles. The van der Waals surface area contributed by atoms with E-state index < -0.39 is 36.9 Å². The van der Waals surface area contributed by atoms with E-state index in [0.717, 1.165) is 44.9 Å². The smallest absolute Gasteiger partial charge is 0.249 e. The molecule has 1 amide bonds. The molecule has 4 atom stereocenters. The lowest BCUT2D eigenvalue weighted by Gasteiger charge is -2.27. The van der Waals surface area contributed by atoms with Gasteiger partial charge in [0.05, 0.1) is 18.8 Å². The van der Waals surface area contributed by atoms with Crippen LogP contribution in [0, 0.1) is 0 Å². The Morgan fingerprint density at radius 1 is 0.471 bits per heavy atom. The Labute approximate surface area is 317 Å². The van der Waals surface area contributed by atoms with Gasteiger partial charge in [-0.25, -0.2) is 0 Å². The Bertz CT molecular complexity index is 731. The van der Waals surface area contributed by atoms with Crippen LogP contribution in [0.25, 0.3) is 0 Å². The molecular formula is C45H89NO5. The fraction of sp³-hybridized carbons (Fsp3) is 0.933. The second-order valence-electron chi connectivity index (χ2n) is 15.8. The molecule has 4 unspecified atom stereocenters. The third kappa shape index (κ3) is 34.6. The molecule has 5 N–H and O–H groups in total. The summed E-state index contributed by atoms with van der Waals surface area (Å²) in [6.45, 7) is 3.96. The second-order valence-corrected chi connectivity index (χ2v) is 15.8. The van der Waals surface area contributed by atoms with Gasteiger partial charge in [0.1, 0.15) is 12.2 Å². The van der Waals surface area contributed by atoms with Crippen LogP contribution in [0.2, 0.25) is 0 Å². The van der Waals surface area contributed by atoms with E-state index >= 15 is 0 Å². The highest BCUT2D eigenvalue weighted by Crippen LogP contribution is 2.17. The maximum Gasteiger partial charge on any atom is 0.249 e. The van der Waals surface area contributed by atoms with Gasteiger partial charge in [-0.15, -0.1) is 0 Å². The molecule has 6 heteroatoms. The van der Waals surface area contributed by atoms with Crippen molar-refractivity contribution < 1.29 is 25.2 Å². The molecule has 0 aliphatic rings. The average Bonchev–Trinajstić information content (AvgIpc) is 3.13. The largest absolute Gasteiger partial charge is 0.394 e. The highest BCUT2D eigenvalue weighted by atomic mass is 16.3. The number of rotatable bonds is 41. The molecule has 0 fully saturated rings. The summed E-state index contributed by atoms with van der Waals surface area (Å²) < 4.78 is 0. The van der Waals surface area contributed by atoms with Crippen LogP contribution in [-0.4, -0.2) is 57.3 Å². The summed E-state index contributed by atoms with van der Waals surface area (Å²) in [6, 6.07) is -0.995. The van der Waals surface area contributed by atoms with Crippen LogP contribution >= 0.6 is 0 Å². The fourth-order valence-electron chi connectivity index (χ4n) is 7.10. The number of hydrogen-bond donors (Lipinski definition) is 5. The number of carbonyl (C=O) groups is 1. The zero-order chi connectivity index (χ0) is 37.5. The van der Waals surface area contributed by atoms with Gasteiger partial charge in [0.25, 0.3) is 0 Å². The normalized spacial score (nSPS) is 14.2. The van der Waals surface area contributed by atoms with Crippen molar-refractivity contribution in [2.24, 2.45) is 0 Å². The maximum atomic E-state index is 12.4. The molecule has 0 bridgehead atoms. The first-order chi connectivity index (χ1) is 25.0. The molecule has 304 valence electrons. The minimum Gasteiger partial charge on any atom is -0.394 e. The lowest BCUT2D eigenvalue weighted by Crippen LogP contribution is -2.53. The Kier molecular flexibility index (Phi) is 39.5. The number of carbonyl (C=O) groups excluding carboxylic acids is 1. The van der Waals surface area contributed by atoms with Crippen molar-refractivity contribution in [1.82, 2.24) is 5.32 Å². The van der Waals surface area contributed by atoms with Crippen LogP contribution in [0.3, 0.4) is 0 Å². The average molecular weight is 724 g/mol. The van der Waals surface area contributed by atoms with E-state index in [0.29, 0.717) is 12.8 Å². The number of amides is 1. The first kappa shape index (κ1) is 50.1. The molecule has 0 saturated carbocycles. The van der Waals surface area contributed by atoms with Gasteiger partial charge in [0, 0.05) is 0 Å². The van der Waals surface area contributed by atoms with Crippen molar-refractivity contribution in [3.05, 3.63) is 12.2 Å². The fourth-order valence-corrected chi connectivity index (χ4v) is 7.10. The molecule has 51 heavy (non-hydrogen) atoms. The van der Waals surface area contributed by atoms with Crippen LogP contribution in [0.4, 0.5) is 0 Å². The topological polar surface area (TPSA) is 110 Å². The zero-order valence-electron chi connectivity index (χ0n) is 34.1. The van der Waals surface area contributed by atoms with Gasteiger partial charge in [0.15, 0.2) is 0 Å². The van der Waals surface area contributed by atoms with Gasteiger partial charge in [-0.05, 0) is 32.1 Å². The third-order valence-electron chi connectivity index (χ3n) is 10.7. The first-order valence-corrected chi connectivity index (χ1v) is 22.6. The lowest BCUT2D eigenvalue weighted by atomic mass is 10.00. The van der Waals surface area contributed by atoms with Crippen molar-refractivity contribution in [3.8, 4) is 0 Å². The van der Waals surface area contributed by atoms with E-state index in [2.05, 4.69) is 31.3 Å². The predicted molar refractivity (Wildman–Crippen MR) is 219 cm³/mol. The number of allylic oxidation sites excluding steroid dienone is 2. The zero-order valence-corrected chi connectivity index (χ0v) is 34.1. The van der Waals surface area contributed by atoms with E-state index in [1.807, 2.05) is 0 Å². The molecule has 0 saturated heterocycles.